The lowest BCUT2D eigenvalue weighted by atomic mass is 10.1. The molecule has 0 saturated carbocycles. The highest BCUT2D eigenvalue weighted by molar-refractivity contribution is 6.01. The number of non-ortho nitro benzene ring substituents is 1. The van der Waals surface area contributed by atoms with Crippen molar-refractivity contribution in [2.24, 2.45) is 0 Å². The molecule has 22 heavy (non-hydrogen) atoms. The number of anilines is 1. The second-order valence-electron chi connectivity index (χ2n) is 4.73. The fourth-order valence-electron chi connectivity index (χ4n) is 1.97. The molecule has 0 aliphatic carbocycles. The van der Waals surface area contributed by atoms with Gasteiger partial charge in [-0.25, -0.2) is 0 Å². The van der Waals surface area contributed by atoms with Crippen LogP contribution in [0, 0.1) is 10.1 Å². The number of benzene rings is 2. The number of nitro groups is 1. The molecule has 2 aromatic carbocycles. The van der Waals surface area contributed by atoms with Crippen molar-refractivity contribution < 1.29 is 9.72 Å². The average molecular weight is 296 g/mol. The van der Waals surface area contributed by atoms with Gasteiger partial charge in [-0.1, -0.05) is 31.2 Å². The van der Waals surface area contributed by atoms with Gasteiger partial charge in [0.1, 0.15) is 0 Å². The van der Waals surface area contributed by atoms with Gasteiger partial charge in [-0.05, 0) is 35.8 Å². The van der Waals surface area contributed by atoms with Crippen molar-refractivity contribution in [1.82, 2.24) is 0 Å². The van der Waals surface area contributed by atoms with Crippen LogP contribution in [-0.4, -0.2) is 10.8 Å². The van der Waals surface area contributed by atoms with Gasteiger partial charge >= 0.3 is 0 Å². The summed E-state index contributed by atoms with van der Waals surface area (Å²) in [5, 5.41) is 13.5. The molecule has 0 saturated heterocycles. The van der Waals surface area contributed by atoms with Gasteiger partial charge in [0.2, 0.25) is 5.91 Å². The Morgan fingerprint density at radius 2 is 2.00 bits per heavy atom. The summed E-state index contributed by atoms with van der Waals surface area (Å²) in [6, 6.07) is 13.7. The van der Waals surface area contributed by atoms with Crippen LogP contribution >= 0.6 is 0 Å². The minimum atomic E-state index is -0.465. The summed E-state index contributed by atoms with van der Waals surface area (Å²) >= 11 is 0. The lowest BCUT2D eigenvalue weighted by Gasteiger charge is -2.04. The van der Waals surface area contributed by atoms with Crippen molar-refractivity contribution in [2.75, 3.05) is 5.32 Å². The number of hydrogen-bond acceptors (Lipinski definition) is 3. The predicted molar refractivity (Wildman–Crippen MR) is 86.6 cm³/mol. The highest BCUT2D eigenvalue weighted by Crippen LogP contribution is 2.15. The molecule has 5 heteroatoms. The number of rotatable bonds is 5. The Hall–Kier alpha value is -2.95. The molecule has 1 amide bonds. The third-order valence-corrected chi connectivity index (χ3v) is 3.11. The quantitative estimate of drug-likeness (QED) is 0.518. The van der Waals surface area contributed by atoms with E-state index >= 15 is 0 Å². The molecule has 0 unspecified atom stereocenters. The first-order valence-electron chi connectivity index (χ1n) is 6.91. The van der Waals surface area contributed by atoms with E-state index in [-0.39, 0.29) is 11.6 Å². The van der Waals surface area contributed by atoms with Crippen molar-refractivity contribution in [1.29, 1.82) is 0 Å². The molecule has 5 nitrogen and oxygen atoms in total. The number of carbonyl (C=O) groups is 1. The van der Waals surface area contributed by atoms with Gasteiger partial charge in [0.15, 0.2) is 0 Å². The zero-order valence-electron chi connectivity index (χ0n) is 12.2. The van der Waals surface area contributed by atoms with E-state index in [2.05, 4.69) is 5.32 Å². The Kier molecular flexibility index (Phi) is 5.03. The summed E-state index contributed by atoms with van der Waals surface area (Å²) in [6.07, 6.45) is 3.80. The lowest BCUT2D eigenvalue weighted by molar-refractivity contribution is -0.384. The topological polar surface area (TPSA) is 72.2 Å². The van der Waals surface area contributed by atoms with E-state index < -0.39 is 4.92 Å². The van der Waals surface area contributed by atoms with Crippen LogP contribution in [0.4, 0.5) is 11.4 Å². The Bertz CT molecular complexity index is 723. The fraction of sp³-hybridized carbons (Fsp3) is 0.118. The van der Waals surface area contributed by atoms with Gasteiger partial charge in [-0.3, -0.25) is 14.9 Å². The van der Waals surface area contributed by atoms with E-state index in [0.29, 0.717) is 5.56 Å². The summed E-state index contributed by atoms with van der Waals surface area (Å²) in [4.78, 5) is 22.1. The van der Waals surface area contributed by atoms with Gasteiger partial charge < -0.3 is 5.32 Å². The van der Waals surface area contributed by atoms with E-state index in [1.807, 2.05) is 31.2 Å². The highest BCUT2D eigenvalue weighted by Gasteiger charge is 2.04. The molecule has 0 atom stereocenters. The van der Waals surface area contributed by atoms with Crippen molar-refractivity contribution >= 4 is 23.4 Å². The highest BCUT2D eigenvalue weighted by atomic mass is 16.6. The second kappa shape index (κ2) is 7.17. The van der Waals surface area contributed by atoms with Gasteiger partial charge in [0.25, 0.3) is 5.69 Å². The second-order valence-corrected chi connectivity index (χ2v) is 4.73. The van der Waals surface area contributed by atoms with Crippen LogP contribution in [0.5, 0.6) is 0 Å². The number of carbonyl (C=O) groups excluding carboxylic acids is 1. The van der Waals surface area contributed by atoms with Gasteiger partial charge in [-0.2, -0.15) is 0 Å². The molecule has 2 rings (SSSR count). The summed E-state index contributed by atoms with van der Waals surface area (Å²) < 4.78 is 0. The number of nitrogens with one attached hydrogen (secondary N) is 1. The summed E-state index contributed by atoms with van der Waals surface area (Å²) in [6.45, 7) is 2.04. The molecule has 0 aliphatic rings. The first-order valence-corrected chi connectivity index (χ1v) is 6.91. The maximum Gasteiger partial charge on any atom is 0.270 e. The number of nitrogens with zero attached hydrogens (tertiary/aromatic N) is 1. The Balaban J connectivity index is 2.05. The Morgan fingerprint density at radius 3 is 2.73 bits per heavy atom. The number of hydrogen-bond donors (Lipinski definition) is 1. The summed E-state index contributed by atoms with van der Waals surface area (Å²) in [7, 11) is 0. The van der Waals surface area contributed by atoms with E-state index in [0.717, 1.165) is 17.7 Å². The third kappa shape index (κ3) is 4.28. The van der Waals surface area contributed by atoms with E-state index in [1.54, 1.807) is 18.2 Å². The first kappa shape index (κ1) is 15.4. The minimum absolute atomic E-state index is 0.00166. The van der Waals surface area contributed by atoms with Crippen molar-refractivity contribution in [2.45, 2.75) is 13.3 Å². The molecule has 2 aromatic rings. The standard InChI is InChI=1S/C17H16N2O3/c1-2-13-5-3-7-15(11-13)18-17(20)10-9-14-6-4-8-16(12-14)19(21)22/h3-12H,2H2,1H3,(H,18,20)/b10-9-. The van der Waals surface area contributed by atoms with Gasteiger partial charge in [-0.15, -0.1) is 0 Å². The van der Waals surface area contributed by atoms with Crippen LogP contribution in [0.2, 0.25) is 0 Å². The van der Waals surface area contributed by atoms with Crippen LogP contribution in [0.3, 0.4) is 0 Å². The van der Waals surface area contributed by atoms with Crippen LogP contribution in [0.15, 0.2) is 54.6 Å². The molecular weight excluding hydrogens is 280 g/mol. The maximum atomic E-state index is 11.9. The summed E-state index contributed by atoms with van der Waals surface area (Å²) in [5.41, 5.74) is 2.47. The van der Waals surface area contributed by atoms with Gasteiger partial charge in [0, 0.05) is 23.9 Å². The van der Waals surface area contributed by atoms with Crippen molar-refractivity contribution in [3.63, 3.8) is 0 Å². The van der Waals surface area contributed by atoms with Crippen LogP contribution in [0.1, 0.15) is 18.1 Å². The minimum Gasteiger partial charge on any atom is -0.323 e. The molecule has 112 valence electrons. The molecule has 0 bridgehead atoms. The largest absolute Gasteiger partial charge is 0.323 e. The van der Waals surface area contributed by atoms with Gasteiger partial charge in [0.05, 0.1) is 4.92 Å². The van der Waals surface area contributed by atoms with E-state index in [1.165, 1.54) is 18.2 Å². The molecule has 1 N–H and O–H groups in total. The van der Waals surface area contributed by atoms with Crippen LogP contribution in [-0.2, 0) is 11.2 Å². The number of amides is 1. The predicted octanol–water partition coefficient (Wildman–Crippen LogP) is 3.81. The van der Waals surface area contributed by atoms with E-state index in [4.69, 9.17) is 0 Å². The Morgan fingerprint density at radius 1 is 1.23 bits per heavy atom. The summed E-state index contributed by atoms with van der Waals surface area (Å²) in [5.74, 6) is -0.278. The van der Waals surface area contributed by atoms with Crippen molar-refractivity contribution in [3.8, 4) is 0 Å². The molecular formula is C17H16N2O3. The Labute approximate surface area is 128 Å². The number of nitro benzene ring substituents is 1. The molecule has 0 heterocycles. The zero-order chi connectivity index (χ0) is 15.9. The number of aryl methyl sites for hydroxylation is 1. The maximum absolute atomic E-state index is 11.9. The molecule has 0 aromatic heterocycles. The fourth-order valence-corrected chi connectivity index (χ4v) is 1.97. The van der Waals surface area contributed by atoms with Crippen LogP contribution < -0.4 is 5.32 Å². The molecule has 0 aliphatic heterocycles. The smallest absolute Gasteiger partial charge is 0.270 e. The first-order chi connectivity index (χ1) is 10.6. The SMILES string of the molecule is CCc1cccc(NC(=O)/C=C\c2cccc([N+](=O)[O-])c2)c1. The van der Waals surface area contributed by atoms with Crippen LogP contribution in [0.25, 0.3) is 6.08 Å². The lowest BCUT2D eigenvalue weighted by Crippen LogP contribution is -2.07. The third-order valence-electron chi connectivity index (χ3n) is 3.11. The average Bonchev–Trinajstić information content (AvgIpc) is 2.53. The zero-order valence-corrected chi connectivity index (χ0v) is 12.2. The van der Waals surface area contributed by atoms with E-state index in [9.17, 15) is 14.9 Å². The monoisotopic (exact) mass is 296 g/mol. The molecule has 0 fully saturated rings. The normalized spacial score (nSPS) is 10.6. The molecule has 0 spiro atoms. The van der Waals surface area contributed by atoms with Crippen molar-refractivity contribution in [3.05, 3.63) is 75.8 Å². The molecule has 0 radical (unpaired) electrons.